The minimum Gasteiger partial charge on any atom is -0.481 e. The van der Waals surface area contributed by atoms with Crippen LogP contribution in [0.2, 0.25) is 0 Å². The maximum absolute atomic E-state index is 10.6. The Morgan fingerprint density at radius 1 is 1.26 bits per heavy atom. The summed E-state index contributed by atoms with van der Waals surface area (Å²) in [6.07, 6.45) is 5.14. The van der Waals surface area contributed by atoms with Gasteiger partial charge in [-0.15, -0.1) is 0 Å². The highest BCUT2D eigenvalue weighted by atomic mass is 16.4. The van der Waals surface area contributed by atoms with Crippen molar-refractivity contribution in [1.82, 2.24) is 0 Å². The lowest BCUT2D eigenvalue weighted by molar-refractivity contribution is -0.137. The Labute approximate surface area is 114 Å². The average molecular weight is 261 g/mol. The van der Waals surface area contributed by atoms with E-state index in [-0.39, 0.29) is 6.42 Å². The van der Waals surface area contributed by atoms with E-state index in [1.165, 1.54) is 31.2 Å². The number of aliphatic carboxylic acids is 1. The van der Waals surface area contributed by atoms with Crippen LogP contribution in [0.1, 0.15) is 62.1 Å². The van der Waals surface area contributed by atoms with Crippen molar-refractivity contribution >= 4 is 5.97 Å². The molecule has 3 N–H and O–H groups in total. The lowest BCUT2D eigenvalue weighted by Gasteiger charge is -2.26. The molecule has 0 aromatic heterocycles. The number of hydrogen-bond acceptors (Lipinski definition) is 2. The summed E-state index contributed by atoms with van der Waals surface area (Å²) in [5.74, 6) is 0.679. The summed E-state index contributed by atoms with van der Waals surface area (Å²) < 4.78 is 0. The third-order valence-electron chi connectivity index (χ3n) is 4.25. The molecule has 1 aliphatic carbocycles. The van der Waals surface area contributed by atoms with Crippen LogP contribution in [0, 0.1) is 5.92 Å². The zero-order chi connectivity index (χ0) is 13.8. The maximum atomic E-state index is 10.6. The summed E-state index contributed by atoms with van der Waals surface area (Å²) >= 11 is 0. The van der Waals surface area contributed by atoms with E-state index in [4.69, 9.17) is 10.8 Å². The molecular weight excluding hydrogens is 238 g/mol. The number of carbonyl (C=O) groups is 1. The van der Waals surface area contributed by atoms with Gasteiger partial charge in [0.15, 0.2) is 0 Å². The van der Waals surface area contributed by atoms with Crippen LogP contribution in [0.4, 0.5) is 0 Å². The van der Waals surface area contributed by atoms with E-state index < -0.39 is 12.0 Å². The van der Waals surface area contributed by atoms with E-state index in [9.17, 15) is 4.79 Å². The van der Waals surface area contributed by atoms with Gasteiger partial charge in [-0.1, -0.05) is 44.0 Å². The van der Waals surface area contributed by atoms with Crippen molar-refractivity contribution in [2.24, 2.45) is 11.7 Å². The fraction of sp³-hybridized carbons (Fsp3) is 0.562. The standard InChI is InChI=1S/C16H23NO2/c1-11-2-4-12(5-3-11)13-6-8-14(9-7-13)15(17)10-16(18)19/h6-9,11-12,15H,2-5,10,17H2,1H3,(H,18,19). The Balaban J connectivity index is 2.00. The molecule has 1 unspecified atom stereocenters. The van der Waals surface area contributed by atoms with Crippen LogP contribution in [0.5, 0.6) is 0 Å². The fourth-order valence-corrected chi connectivity index (χ4v) is 2.91. The Bertz CT molecular complexity index is 419. The summed E-state index contributed by atoms with van der Waals surface area (Å²) in [6, 6.07) is 7.81. The Kier molecular flexibility index (Phi) is 4.59. The monoisotopic (exact) mass is 261 g/mol. The van der Waals surface area contributed by atoms with Crippen LogP contribution in [-0.2, 0) is 4.79 Å². The van der Waals surface area contributed by atoms with Crippen molar-refractivity contribution < 1.29 is 9.90 Å². The first-order valence-electron chi connectivity index (χ1n) is 7.13. The molecule has 19 heavy (non-hydrogen) atoms. The highest BCUT2D eigenvalue weighted by molar-refractivity contribution is 5.67. The number of benzene rings is 1. The second-order valence-corrected chi connectivity index (χ2v) is 5.83. The minimum absolute atomic E-state index is 0.0136. The summed E-state index contributed by atoms with van der Waals surface area (Å²) in [6.45, 7) is 2.32. The Morgan fingerprint density at radius 2 is 1.84 bits per heavy atom. The van der Waals surface area contributed by atoms with Gasteiger partial charge in [0, 0.05) is 6.04 Å². The van der Waals surface area contributed by atoms with Gasteiger partial charge in [-0.05, 0) is 35.8 Å². The first-order chi connectivity index (χ1) is 9.06. The average Bonchev–Trinajstić information content (AvgIpc) is 2.39. The second-order valence-electron chi connectivity index (χ2n) is 5.83. The number of carboxylic acids is 1. The number of carboxylic acid groups (broad SMARTS) is 1. The predicted molar refractivity (Wildman–Crippen MR) is 76.0 cm³/mol. The topological polar surface area (TPSA) is 63.3 Å². The van der Waals surface area contributed by atoms with Gasteiger partial charge in [-0.25, -0.2) is 0 Å². The highest BCUT2D eigenvalue weighted by Crippen LogP contribution is 2.35. The van der Waals surface area contributed by atoms with Gasteiger partial charge in [0.05, 0.1) is 6.42 Å². The molecule has 1 aromatic rings. The molecule has 0 spiro atoms. The molecule has 104 valence electrons. The third kappa shape index (κ3) is 3.80. The van der Waals surface area contributed by atoms with Gasteiger partial charge in [0.2, 0.25) is 0 Å². The molecule has 1 aromatic carbocycles. The van der Waals surface area contributed by atoms with Crippen molar-refractivity contribution in [3.05, 3.63) is 35.4 Å². The van der Waals surface area contributed by atoms with E-state index in [1.807, 2.05) is 12.1 Å². The minimum atomic E-state index is -0.849. The molecule has 0 aliphatic heterocycles. The summed E-state index contributed by atoms with van der Waals surface area (Å²) in [4.78, 5) is 10.6. The Morgan fingerprint density at radius 3 is 2.37 bits per heavy atom. The van der Waals surface area contributed by atoms with Crippen molar-refractivity contribution in [2.75, 3.05) is 0 Å². The van der Waals surface area contributed by atoms with Crippen molar-refractivity contribution in [3.8, 4) is 0 Å². The van der Waals surface area contributed by atoms with E-state index in [2.05, 4.69) is 19.1 Å². The third-order valence-corrected chi connectivity index (χ3v) is 4.25. The molecule has 1 saturated carbocycles. The van der Waals surface area contributed by atoms with Gasteiger partial charge in [0.1, 0.15) is 0 Å². The Hall–Kier alpha value is -1.35. The van der Waals surface area contributed by atoms with Gasteiger partial charge in [-0.2, -0.15) is 0 Å². The molecule has 3 heteroatoms. The summed E-state index contributed by atoms with van der Waals surface area (Å²) in [5, 5.41) is 8.75. The fourth-order valence-electron chi connectivity index (χ4n) is 2.91. The molecule has 0 saturated heterocycles. The van der Waals surface area contributed by atoms with Crippen molar-refractivity contribution in [1.29, 1.82) is 0 Å². The second kappa shape index (κ2) is 6.20. The summed E-state index contributed by atoms with van der Waals surface area (Å²) in [5.41, 5.74) is 8.15. The first-order valence-corrected chi connectivity index (χ1v) is 7.13. The van der Waals surface area contributed by atoms with Gasteiger partial charge in [0.25, 0.3) is 0 Å². The van der Waals surface area contributed by atoms with Crippen molar-refractivity contribution in [2.45, 2.75) is 51.0 Å². The molecule has 0 amide bonds. The number of nitrogens with two attached hydrogens (primary N) is 1. The van der Waals surface area contributed by atoms with Crippen LogP contribution in [0.15, 0.2) is 24.3 Å². The smallest absolute Gasteiger partial charge is 0.305 e. The van der Waals surface area contributed by atoms with Crippen LogP contribution in [0.3, 0.4) is 0 Å². The molecule has 1 fully saturated rings. The van der Waals surface area contributed by atoms with Crippen LogP contribution in [-0.4, -0.2) is 11.1 Å². The van der Waals surface area contributed by atoms with Crippen LogP contribution < -0.4 is 5.73 Å². The highest BCUT2D eigenvalue weighted by Gasteiger charge is 2.20. The largest absolute Gasteiger partial charge is 0.481 e. The number of rotatable bonds is 4. The molecular formula is C16H23NO2. The lowest BCUT2D eigenvalue weighted by Crippen LogP contribution is -2.15. The molecule has 3 nitrogen and oxygen atoms in total. The van der Waals surface area contributed by atoms with Gasteiger partial charge >= 0.3 is 5.97 Å². The predicted octanol–water partition coefficient (Wildman–Crippen LogP) is 3.45. The molecule has 0 bridgehead atoms. The quantitative estimate of drug-likeness (QED) is 0.872. The normalized spacial score (nSPS) is 24.9. The maximum Gasteiger partial charge on any atom is 0.305 e. The molecule has 1 aliphatic rings. The molecule has 1 atom stereocenters. The number of hydrogen-bond donors (Lipinski definition) is 2. The van der Waals surface area contributed by atoms with E-state index >= 15 is 0 Å². The molecule has 0 radical (unpaired) electrons. The zero-order valence-corrected chi connectivity index (χ0v) is 11.5. The first kappa shape index (κ1) is 14.1. The van der Waals surface area contributed by atoms with Crippen LogP contribution >= 0.6 is 0 Å². The zero-order valence-electron chi connectivity index (χ0n) is 11.5. The SMILES string of the molecule is CC1CCC(c2ccc(C(N)CC(=O)O)cc2)CC1. The lowest BCUT2D eigenvalue weighted by atomic mass is 9.79. The van der Waals surface area contributed by atoms with Crippen LogP contribution in [0.25, 0.3) is 0 Å². The molecule has 2 rings (SSSR count). The molecule has 0 heterocycles. The van der Waals surface area contributed by atoms with E-state index in [0.29, 0.717) is 5.92 Å². The van der Waals surface area contributed by atoms with Gasteiger partial charge < -0.3 is 10.8 Å². The van der Waals surface area contributed by atoms with E-state index in [0.717, 1.165) is 11.5 Å². The van der Waals surface area contributed by atoms with Gasteiger partial charge in [-0.3, -0.25) is 4.79 Å². The summed E-state index contributed by atoms with van der Waals surface area (Å²) in [7, 11) is 0. The van der Waals surface area contributed by atoms with E-state index in [1.54, 1.807) is 0 Å². The van der Waals surface area contributed by atoms with Crippen molar-refractivity contribution in [3.63, 3.8) is 0 Å².